The predicted molar refractivity (Wildman–Crippen MR) is 58.7 cm³/mol. The van der Waals surface area contributed by atoms with Gasteiger partial charge in [0.15, 0.2) is 5.82 Å². The first-order valence-corrected chi connectivity index (χ1v) is 5.04. The van der Waals surface area contributed by atoms with Gasteiger partial charge in [0.25, 0.3) is 5.88 Å². The lowest BCUT2D eigenvalue weighted by atomic mass is 10.3. The van der Waals surface area contributed by atoms with E-state index in [2.05, 4.69) is 30.2 Å². The van der Waals surface area contributed by atoms with Gasteiger partial charge in [0.1, 0.15) is 11.6 Å². The van der Waals surface area contributed by atoms with E-state index in [9.17, 15) is 13.9 Å². The van der Waals surface area contributed by atoms with Crippen molar-refractivity contribution in [1.82, 2.24) is 20.3 Å². The fourth-order valence-electron chi connectivity index (χ4n) is 1.48. The molecule has 0 aliphatic carbocycles. The molecular weight excluding hydrogens is 260 g/mol. The number of hydrogen-bond acceptors (Lipinski definition) is 7. The van der Waals surface area contributed by atoms with Crippen LogP contribution < -0.4 is 5.32 Å². The highest BCUT2D eigenvalue weighted by molar-refractivity contribution is 5.70. The van der Waals surface area contributed by atoms with Crippen molar-refractivity contribution in [3.8, 4) is 5.88 Å². The zero-order valence-corrected chi connectivity index (χ0v) is 9.13. The molecule has 9 heteroatoms. The Morgan fingerprint density at radius 2 is 1.63 bits per heavy atom. The second-order valence-electron chi connectivity index (χ2n) is 3.59. The molecule has 1 aromatic carbocycles. The molecular formula is C10H5F2N5O2. The Morgan fingerprint density at radius 3 is 2.32 bits per heavy atom. The molecule has 3 aromatic rings. The van der Waals surface area contributed by atoms with E-state index in [1.54, 1.807) is 0 Å². The number of aromatic hydroxyl groups is 1. The fraction of sp³-hybridized carbons (Fsp3) is 0. The van der Waals surface area contributed by atoms with Crippen molar-refractivity contribution in [2.45, 2.75) is 0 Å². The summed E-state index contributed by atoms with van der Waals surface area (Å²) in [6.45, 7) is 0. The smallest absolute Gasteiger partial charge is 0.257 e. The van der Waals surface area contributed by atoms with Gasteiger partial charge >= 0.3 is 0 Å². The van der Waals surface area contributed by atoms with Crippen LogP contribution in [0.5, 0.6) is 5.88 Å². The van der Waals surface area contributed by atoms with E-state index in [1.807, 2.05) is 0 Å². The van der Waals surface area contributed by atoms with E-state index in [0.29, 0.717) is 0 Å². The molecule has 0 saturated heterocycles. The number of halogens is 2. The van der Waals surface area contributed by atoms with Gasteiger partial charge in [0.2, 0.25) is 11.3 Å². The molecule has 0 fully saturated rings. The molecule has 7 nitrogen and oxygen atoms in total. The highest BCUT2D eigenvalue weighted by Gasteiger charge is 2.12. The van der Waals surface area contributed by atoms with E-state index in [4.69, 9.17) is 0 Å². The summed E-state index contributed by atoms with van der Waals surface area (Å²) in [5, 5.41) is 18.9. The van der Waals surface area contributed by atoms with Crippen molar-refractivity contribution in [3.63, 3.8) is 0 Å². The average molecular weight is 265 g/mol. The van der Waals surface area contributed by atoms with Crippen LogP contribution in [0.3, 0.4) is 0 Å². The highest BCUT2D eigenvalue weighted by atomic mass is 19.1. The molecule has 0 atom stereocenters. The van der Waals surface area contributed by atoms with E-state index in [-0.39, 0.29) is 22.8 Å². The van der Waals surface area contributed by atoms with Crippen molar-refractivity contribution < 1.29 is 18.5 Å². The van der Waals surface area contributed by atoms with Gasteiger partial charge in [0, 0.05) is 11.8 Å². The number of fused-ring (bicyclic) bond motifs is 1. The second kappa shape index (κ2) is 4.12. The summed E-state index contributed by atoms with van der Waals surface area (Å²) >= 11 is 0. The Morgan fingerprint density at radius 1 is 1.00 bits per heavy atom. The van der Waals surface area contributed by atoms with Crippen LogP contribution in [-0.4, -0.2) is 25.4 Å². The molecule has 0 bridgehead atoms. The molecule has 0 radical (unpaired) electrons. The molecule has 2 aromatic heterocycles. The van der Waals surface area contributed by atoms with Crippen LogP contribution >= 0.6 is 0 Å². The number of hydrogen-bond donors (Lipinski definition) is 2. The third-order valence-electron chi connectivity index (χ3n) is 2.22. The molecule has 0 saturated carbocycles. The Labute approximate surface area is 103 Å². The van der Waals surface area contributed by atoms with E-state index in [1.165, 1.54) is 0 Å². The van der Waals surface area contributed by atoms with E-state index in [0.717, 1.165) is 18.2 Å². The molecule has 2 N–H and O–H groups in total. The summed E-state index contributed by atoms with van der Waals surface area (Å²) in [6.07, 6.45) is 0. The van der Waals surface area contributed by atoms with Crippen molar-refractivity contribution in [1.29, 1.82) is 0 Å². The minimum absolute atomic E-state index is 0.0217. The van der Waals surface area contributed by atoms with Gasteiger partial charge in [-0.05, 0) is 22.4 Å². The number of benzene rings is 1. The first kappa shape index (κ1) is 11.3. The Balaban J connectivity index is 2.02. The van der Waals surface area contributed by atoms with Crippen molar-refractivity contribution >= 4 is 22.8 Å². The van der Waals surface area contributed by atoms with Gasteiger partial charge in [-0.1, -0.05) is 0 Å². The maximum Gasteiger partial charge on any atom is 0.257 e. The lowest BCUT2D eigenvalue weighted by molar-refractivity contribution is 0.314. The van der Waals surface area contributed by atoms with Gasteiger partial charge in [-0.15, -0.1) is 0 Å². The number of nitrogens with zero attached hydrogens (tertiary/aromatic N) is 4. The predicted octanol–water partition coefficient (Wildman–Crippen LogP) is 1.74. The van der Waals surface area contributed by atoms with Crippen molar-refractivity contribution in [2.75, 3.05) is 5.32 Å². The van der Waals surface area contributed by atoms with E-state index < -0.39 is 17.5 Å². The van der Waals surface area contributed by atoms with Crippen molar-refractivity contribution in [3.05, 3.63) is 29.8 Å². The van der Waals surface area contributed by atoms with E-state index >= 15 is 0 Å². The normalized spacial score (nSPS) is 10.8. The molecule has 0 spiro atoms. The minimum Gasteiger partial charge on any atom is -0.491 e. The van der Waals surface area contributed by atoms with Crippen LogP contribution in [0.2, 0.25) is 0 Å². The SMILES string of the molecule is Oc1nc2nonc2nc1Nc1cc(F)cc(F)c1. The summed E-state index contributed by atoms with van der Waals surface area (Å²) in [5.41, 5.74) is 0.142. The fourth-order valence-corrected chi connectivity index (χ4v) is 1.48. The van der Waals surface area contributed by atoms with Crippen LogP contribution in [0.25, 0.3) is 11.3 Å². The Kier molecular flexibility index (Phi) is 2.44. The summed E-state index contributed by atoms with van der Waals surface area (Å²) in [5.74, 6) is -2.14. The average Bonchev–Trinajstić information content (AvgIpc) is 2.75. The number of nitrogens with one attached hydrogen (secondary N) is 1. The monoisotopic (exact) mass is 265 g/mol. The first-order valence-electron chi connectivity index (χ1n) is 5.04. The minimum atomic E-state index is -0.765. The molecule has 19 heavy (non-hydrogen) atoms. The lowest BCUT2D eigenvalue weighted by Crippen LogP contribution is -1.97. The molecule has 0 aliphatic rings. The van der Waals surface area contributed by atoms with Crippen LogP contribution in [0.15, 0.2) is 22.8 Å². The Bertz CT molecular complexity index is 741. The summed E-state index contributed by atoms with van der Waals surface area (Å²) in [7, 11) is 0. The first-order chi connectivity index (χ1) is 9.11. The van der Waals surface area contributed by atoms with Gasteiger partial charge in [-0.3, -0.25) is 0 Å². The van der Waals surface area contributed by atoms with Crippen molar-refractivity contribution in [2.24, 2.45) is 0 Å². The van der Waals surface area contributed by atoms with Crippen LogP contribution in [-0.2, 0) is 0 Å². The van der Waals surface area contributed by atoms with Gasteiger partial charge < -0.3 is 10.4 Å². The third kappa shape index (κ3) is 2.12. The quantitative estimate of drug-likeness (QED) is 0.728. The summed E-state index contributed by atoms with van der Waals surface area (Å²) in [4.78, 5) is 7.51. The topological polar surface area (TPSA) is 97.0 Å². The van der Waals surface area contributed by atoms with Gasteiger partial charge in [0.05, 0.1) is 0 Å². The summed E-state index contributed by atoms with van der Waals surface area (Å²) in [6, 6.07) is 2.80. The lowest BCUT2D eigenvalue weighted by Gasteiger charge is -2.06. The number of rotatable bonds is 2. The third-order valence-corrected chi connectivity index (χ3v) is 2.22. The zero-order valence-electron chi connectivity index (χ0n) is 9.13. The van der Waals surface area contributed by atoms with Crippen LogP contribution in [0, 0.1) is 11.6 Å². The Hall–Kier alpha value is -2.84. The molecule has 0 amide bonds. The molecule has 0 unspecified atom stereocenters. The van der Waals surface area contributed by atoms with Gasteiger partial charge in [-0.2, -0.15) is 9.97 Å². The maximum atomic E-state index is 13.0. The standard InChI is InChI=1S/C10H5F2N5O2/c11-4-1-5(12)3-6(2-4)13-9-10(18)15-8-7(14-9)16-19-17-8/h1-3H,(H,13,14,16)(H,15,17,18). The van der Waals surface area contributed by atoms with Crippen LogP contribution in [0.1, 0.15) is 0 Å². The second-order valence-corrected chi connectivity index (χ2v) is 3.59. The number of anilines is 2. The molecule has 2 heterocycles. The molecule has 3 rings (SSSR count). The maximum absolute atomic E-state index is 13.0. The largest absolute Gasteiger partial charge is 0.491 e. The van der Waals surface area contributed by atoms with Gasteiger partial charge in [-0.25, -0.2) is 13.4 Å². The molecule has 0 aliphatic heterocycles. The molecule has 96 valence electrons. The highest BCUT2D eigenvalue weighted by Crippen LogP contribution is 2.25. The van der Waals surface area contributed by atoms with Crippen LogP contribution in [0.4, 0.5) is 20.3 Å². The summed E-state index contributed by atoms with van der Waals surface area (Å²) < 4.78 is 30.4. The number of aromatic nitrogens is 4. The zero-order chi connectivity index (χ0) is 13.4.